The van der Waals surface area contributed by atoms with Gasteiger partial charge in [0.1, 0.15) is 18.6 Å². The monoisotopic (exact) mass is 300 g/mol. The molecule has 0 radical (unpaired) electrons. The van der Waals surface area contributed by atoms with Crippen LogP contribution in [-0.4, -0.2) is 82.4 Å². The third-order valence-corrected chi connectivity index (χ3v) is 3.38. The fourth-order valence-electron chi connectivity index (χ4n) is 2.26. The number of urea groups is 1. The molecular weight excluding hydrogens is 280 g/mol. The highest BCUT2D eigenvalue weighted by Gasteiger charge is 2.44. The van der Waals surface area contributed by atoms with Crippen LogP contribution >= 0.6 is 0 Å². The zero-order valence-corrected chi connectivity index (χ0v) is 12.3. The molecule has 4 amide bonds. The number of carbonyl (C=O) groups is 4. The molecule has 0 atom stereocenters. The highest BCUT2D eigenvalue weighted by Crippen LogP contribution is 2.23. The van der Waals surface area contributed by atoms with Gasteiger partial charge in [-0.2, -0.15) is 0 Å². The first-order chi connectivity index (χ1) is 9.57. The predicted octanol–water partition coefficient (Wildman–Crippen LogP) is -1.47. The number of nitrogens with two attached hydrogens (primary N) is 1. The van der Waals surface area contributed by atoms with E-state index in [4.69, 9.17) is 10.8 Å². The van der Waals surface area contributed by atoms with Gasteiger partial charge in [-0.15, -0.1) is 0 Å². The van der Waals surface area contributed by atoms with E-state index in [0.29, 0.717) is 6.54 Å². The third-order valence-electron chi connectivity index (χ3n) is 3.38. The van der Waals surface area contributed by atoms with Crippen molar-refractivity contribution < 1.29 is 24.3 Å². The van der Waals surface area contributed by atoms with Crippen LogP contribution in [0.2, 0.25) is 0 Å². The summed E-state index contributed by atoms with van der Waals surface area (Å²) in [6.07, 6.45) is 0. The molecule has 1 aliphatic rings. The lowest BCUT2D eigenvalue weighted by Crippen LogP contribution is -2.66. The van der Waals surface area contributed by atoms with Crippen molar-refractivity contribution in [3.63, 3.8) is 0 Å². The molecule has 9 heteroatoms. The Labute approximate surface area is 122 Å². The minimum Gasteiger partial charge on any atom is -0.480 e. The van der Waals surface area contributed by atoms with E-state index in [9.17, 15) is 19.2 Å². The fraction of sp³-hybridized carbons (Fsp3) is 0.667. The molecule has 0 aromatic rings. The van der Waals surface area contributed by atoms with Gasteiger partial charge in [0.15, 0.2) is 0 Å². The summed E-state index contributed by atoms with van der Waals surface area (Å²) in [4.78, 5) is 50.0. The fourth-order valence-corrected chi connectivity index (χ4v) is 2.26. The second-order valence-electron chi connectivity index (χ2n) is 5.44. The lowest BCUT2D eigenvalue weighted by molar-refractivity contribution is -0.145. The predicted molar refractivity (Wildman–Crippen MR) is 72.2 cm³/mol. The minimum absolute atomic E-state index is 0.253. The maximum Gasteiger partial charge on any atom is 0.323 e. The standard InChI is InChI=1S/C12H20N4O5/c1-12(2)10(20)14(3)4-5-16(12)11(21)15(6-8(13)17)7-9(18)19/h4-7H2,1-3H3,(H2,13,17)(H,18,19). The first-order valence-corrected chi connectivity index (χ1v) is 6.39. The van der Waals surface area contributed by atoms with Crippen LogP contribution in [0, 0.1) is 0 Å². The lowest BCUT2D eigenvalue weighted by Gasteiger charge is -2.46. The molecule has 118 valence electrons. The number of carbonyl (C=O) groups excluding carboxylic acids is 3. The van der Waals surface area contributed by atoms with Gasteiger partial charge in [-0.25, -0.2) is 4.79 Å². The van der Waals surface area contributed by atoms with Crippen LogP contribution in [0.4, 0.5) is 4.79 Å². The molecule has 21 heavy (non-hydrogen) atoms. The van der Waals surface area contributed by atoms with Crippen LogP contribution in [0.1, 0.15) is 13.8 Å². The Bertz CT molecular complexity index is 460. The summed E-state index contributed by atoms with van der Waals surface area (Å²) in [5, 5.41) is 8.83. The van der Waals surface area contributed by atoms with Crippen molar-refractivity contribution in [1.29, 1.82) is 0 Å². The number of piperazine rings is 1. The average Bonchev–Trinajstić information content (AvgIpc) is 2.33. The Morgan fingerprint density at radius 3 is 2.33 bits per heavy atom. The first-order valence-electron chi connectivity index (χ1n) is 6.39. The van der Waals surface area contributed by atoms with Crippen LogP contribution in [0.3, 0.4) is 0 Å². The molecule has 0 unspecified atom stereocenters. The van der Waals surface area contributed by atoms with Crippen molar-refractivity contribution in [3.8, 4) is 0 Å². The normalized spacial score (nSPS) is 17.6. The summed E-state index contributed by atoms with van der Waals surface area (Å²) in [5.74, 6) is -2.33. The molecule has 0 bridgehead atoms. The van der Waals surface area contributed by atoms with Gasteiger partial charge in [-0.1, -0.05) is 0 Å². The number of aliphatic carboxylic acids is 1. The number of amides is 4. The highest BCUT2D eigenvalue weighted by atomic mass is 16.4. The van der Waals surface area contributed by atoms with Crippen LogP contribution in [0.5, 0.6) is 0 Å². The van der Waals surface area contributed by atoms with E-state index in [2.05, 4.69) is 0 Å². The Morgan fingerprint density at radius 2 is 1.86 bits per heavy atom. The summed E-state index contributed by atoms with van der Waals surface area (Å²) in [6, 6.07) is -0.692. The van der Waals surface area contributed by atoms with Gasteiger partial charge in [-0.3, -0.25) is 14.4 Å². The summed E-state index contributed by atoms with van der Waals surface area (Å²) < 4.78 is 0. The Hall–Kier alpha value is -2.32. The Balaban J connectivity index is 2.99. The number of carboxylic acid groups (broad SMARTS) is 1. The number of primary amides is 1. The van der Waals surface area contributed by atoms with E-state index in [-0.39, 0.29) is 12.5 Å². The topological polar surface area (TPSA) is 124 Å². The lowest BCUT2D eigenvalue weighted by atomic mass is 9.98. The third kappa shape index (κ3) is 3.61. The van der Waals surface area contributed by atoms with Gasteiger partial charge in [0.2, 0.25) is 11.8 Å². The first kappa shape index (κ1) is 16.7. The second kappa shape index (κ2) is 5.98. The van der Waals surface area contributed by atoms with E-state index in [1.807, 2.05) is 0 Å². The molecule has 0 saturated carbocycles. The van der Waals surface area contributed by atoms with E-state index in [1.165, 1.54) is 9.80 Å². The summed E-state index contributed by atoms with van der Waals surface area (Å²) in [7, 11) is 1.63. The molecule has 1 aliphatic heterocycles. The SMILES string of the molecule is CN1CCN(C(=O)N(CC(N)=O)CC(=O)O)C(C)(C)C1=O. The highest BCUT2D eigenvalue weighted by molar-refractivity contribution is 5.93. The van der Waals surface area contributed by atoms with E-state index >= 15 is 0 Å². The molecule has 1 heterocycles. The zero-order valence-electron chi connectivity index (χ0n) is 12.3. The van der Waals surface area contributed by atoms with Crippen molar-refractivity contribution in [2.24, 2.45) is 5.73 Å². The minimum atomic E-state index is -1.26. The molecule has 0 aromatic carbocycles. The van der Waals surface area contributed by atoms with Gasteiger partial charge in [0.05, 0.1) is 0 Å². The largest absolute Gasteiger partial charge is 0.480 e. The summed E-state index contributed by atoms with van der Waals surface area (Å²) in [6.45, 7) is 2.58. The molecule has 0 aliphatic carbocycles. The van der Waals surface area contributed by atoms with E-state index in [1.54, 1.807) is 20.9 Å². The Kier molecular flexibility index (Phi) is 4.77. The number of nitrogens with zero attached hydrogens (tertiary/aromatic N) is 3. The average molecular weight is 300 g/mol. The number of rotatable bonds is 4. The smallest absolute Gasteiger partial charge is 0.323 e. The maximum atomic E-state index is 12.4. The van der Waals surface area contributed by atoms with Crippen molar-refractivity contribution in [2.45, 2.75) is 19.4 Å². The van der Waals surface area contributed by atoms with Crippen LogP contribution in [0.25, 0.3) is 0 Å². The van der Waals surface area contributed by atoms with Gasteiger partial charge in [-0.05, 0) is 13.8 Å². The summed E-state index contributed by atoms with van der Waals surface area (Å²) in [5.41, 5.74) is 3.92. The zero-order chi connectivity index (χ0) is 16.4. The van der Waals surface area contributed by atoms with Crippen LogP contribution in [-0.2, 0) is 14.4 Å². The van der Waals surface area contributed by atoms with Gasteiger partial charge < -0.3 is 25.5 Å². The molecule has 3 N–H and O–H groups in total. The van der Waals surface area contributed by atoms with Crippen molar-refractivity contribution in [2.75, 3.05) is 33.2 Å². The second-order valence-corrected chi connectivity index (χ2v) is 5.44. The molecular formula is C12H20N4O5. The van der Waals surface area contributed by atoms with Crippen molar-refractivity contribution >= 4 is 23.8 Å². The van der Waals surface area contributed by atoms with Crippen LogP contribution < -0.4 is 5.73 Å². The molecule has 1 saturated heterocycles. The molecule has 0 aromatic heterocycles. The molecule has 1 fully saturated rings. The Morgan fingerprint density at radius 1 is 1.29 bits per heavy atom. The van der Waals surface area contributed by atoms with Gasteiger partial charge >= 0.3 is 12.0 Å². The number of likely N-dealkylation sites (N-methyl/N-ethyl adjacent to an activating group) is 1. The van der Waals surface area contributed by atoms with Gasteiger partial charge in [0, 0.05) is 20.1 Å². The number of carboxylic acids is 1. The number of hydrogen-bond acceptors (Lipinski definition) is 4. The van der Waals surface area contributed by atoms with Crippen molar-refractivity contribution in [3.05, 3.63) is 0 Å². The van der Waals surface area contributed by atoms with Crippen molar-refractivity contribution in [1.82, 2.24) is 14.7 Å². The van der Waals surface area contributed by atoms with Gasteiger partial charge in [0.25, 0.3) is 0 Å². The van der Waals surface area contributed by atoms with E-state index < -0.39 is 36.5 Å². The molecule has 9 nitrogen and oxygen atoms in total. The molecule has 1 rings (SSSR count). The number of hydrogen-bond donors (Lipinski definition) is 2. The summed E-state index contributed by atoms with van der Waals surface area (Å²) >= 11 is 0. The molecule has 0 spiro atoms. The van der Waals surface area contributed by atoms with E-state index in [0.717, 1.165) is 4.90 Å². The van der Waals surface area contributed by atoms with Crippen LogP contribution in [0.15, 0.2) is 0 Å². The quantitative estimate of drug-likeness (QED) is 0.656. The maximum absolute atomic E-state index is 12.4.